The molecule has 0 aliphatic heterocycles. The van der Waals surface area contributed by atoms with Crippen LogP contribution in [-0.4, -0.2) is 0 Å². The maximum absolute atomic E-state index is 2.45. The molecule has 0 saturated heterocycles. The van der Waals surface area contributed by atoms with E-state index in [0.717, 1.165) is 0 Å². The van der Waals surface area contributed by atoms with E-state index in [9.17, 15) is 0 Å². The van der Waals surface area contributed by atoms with Gasteiger partial charge in [0.1, 0.15) is 0 Å². The molecule has 0 aliphatic carbocycles. The SMILES string of the molecule is CC(C)c1cc2ccccc2[cH-]1.CC[c-]1c(C)c(C)c(C)c1C.[I][Zr+2][I]. The third kappa shape index (κ3) is 6.55. The van der Waals surface area contributed by atoms with Crippen molar-refractivity contribution in [3.8, 4) is 0 Å². The Balaban J connectivity index is 0.000000227. The summed E-state index contributed by atoms with van der Waals surface area (Å²) in [5.41, 5.74) is 8.97. The predicted octanol–water partition coefficient (Wildman–Crippen LogP) is 8.65. The molecule has 3 rings (SSSR count). The van der Waals surface area contributed by atoms with Gasteiger partial charge in [-0.2, -0.15) is 33.9 Å². The summed E-state index contributed by atoms with van der Waals surface area (Å²) in [6, 6.07) is 13.1. The molecule has 0 heterocycles. The topological polar surface area (TPSA) is 0 Å². The van der Waals surface area contributed by atoms with Gasteiger partial charge in [-0.05, 0) is 5.92 Å². The molecule has 0 saturated carbocycles. The van der Waals surface area contributed by atoms with Crippen molar-refractivity contribution in [3.63, 3.8) is 0 Å². The standard InChI is InChI=1S/C12H13.C11H17.2HI.Zr/c1-9(2)12-7-10-5-3-4-6-11(10)8-12;1-6-11-9(4)7(2)8(3)10(11)5;;;/h3-9H,1-2H3;6H2,1-5H3;2*1H;/q2*-1;;;+4/p-2. The molecule has 0 amide bonds. The first-order chi connectivity index (χ1) is 12.3. The van der Waals surface area contributed by atoms with Crippen molar-refractivity contribution in [2.45, 2.75) is 60.8 Å². The van der Waals surface area contributed by atoms with Crippen LogP contribution in [0.15, 0.2) is 36.4 Å². The number of hydrogen-bond acceptors (Lipinski definition) is 0. The molecular formula is C23H30I2Zr. The second kappa shape index (κ2) is 12.2. The summed E-state index contributed by atoms with van der Waals surface area (Å²) in [5.74, 6) is 0.636. The van der Waals surface area contributed by atoms with Gasteiger partial charge in [-0.15, -0.1) is 40.6 Å². The quantitative estimate of drug-likeness (QED) is 0.192. The van der Waals surface area contributed by atoms with Crippen molar-refractivity contribution >= 4 is 46.9 Å². The minimum atomic E-state index is 0.170. The Hall–Kier alpha value is 0.523. The van der Waals surface area contributed by atoms with Crippen LogP contribution in [0.25, 0.3) is 10.8 Å². The fraction of sp³-hybridized carbons (Fsp3) is 0.391. The summed E-state index contributed by atoms with van der Waals surface area (Å²) < 4.78 is 0. The molecule has 0 aliphatic rings. The van der Waals surface area contributed by atoms with Crippen LogP contribution in [0, 0.1) is 27.7 Å². The molecule has 0 aromatic heterocycles. The second-order valence-electron chi connectivity index (χ2n) is 6.98. The van der Waals surface area contributed by atoms with E-state index in [0.29, 0.717) is 5.92 Å². The molecule has 0 unspecified atom stereocenters. The van der Waals surface area contributed by atoms with Gasteiger partial charge in [0.25, 0.3) is 0 Å². The molecule has 0 N–H and O–H groups in total. The van der Waals surface area contributed by atoms with E-state index < -0.39 is 0 Å². The van der Waals surface area contributed by atoms with Gasteiger partial charge in [0.15, 0.2) is 0 Å². The Labute approximate surface area is 190 Å². The molecule has 3 aromatic carbocycles. The normalized spacial score (nSPS) is 10.1. The molecule has 0 bridgehead atoms. The number of rotatable bonds is 2. The van der Waals surface area contributed by atoms with Crippen LogP contribution in [0.2, 0.25) is 0 Å². The number of halogens is 2. The third-order valence-electron chi connectivity index (χ3n) is 5.25. The van der Waals surface area contributed by atoms with E-state index in [1.165, 1.54) is 45.0 Å². The van der Waals surface area contributed by atoms with Gasteiger partial charge in [-0.25, -0.2) is 0 Å². The summed E-state index contributed by atoms with van der Waals surface area (Å²) in [6.07, 6.45) is 1.17. The van der Waals surface area contributed by atoms with E-state index in [1.807, 2.05) is 0 Å². The Morgan fingerprint density at radius 2 is 1.50 bits per heavy atom. The van der Waals surface area contributed by atoms with Gasteiger partial charge in [0.2, 0.25) is 0 Å². The maximum atomic E-state index is 2.45. The van der Waals surface area contributed by atoms with Crippen molar-refractivity contribution < 1.29 is 14.9 Å². The van der Waals surface area contributed by atoms with Crippen LogP contribution in [0.3, 0.4) is 0 Å². The average molecular weight is 652 g/mol. The van der Waals surface area contributed by atoms with Crippen LogP contribution in [0.1, 0.15) is 60.1 Å². The zero-order chi connectivity index (χ0) is 19.9. The molecular weight excluding hydrogens is 621 g/mol. The van der Waals surface area contributed by atoms with E-state index in [1.54, 1.807) is 5.56 Å². The van der Waals surface area contributed by atoms with Gasteiger partial charge in [0, 0.05) is 0 Å². The van der Waals surface area contributed by atoms with E-state index >= 15 is 0 Å². The molecule has 0 radical (unpaired) electrons. The molecule has 0 atom stereocenters. The molecule has 0 fully saturated rings. The van der Waals surface area contributed by atoms with Crippen molar-refractivity contribution in [1.29, 1.82) is 0 Å². The molecule has 3 aromatic rings. The van der Waals surface area contributed by atoms with Gasteiger partial charge in [-0.1, -0.05) is 61.0 Å². The van der Waals surface area contributed by atoms with Crippen molar-refractivity contribution in [1.82, 2.24) is 0 Å². The van der Waals surface area contributed by atoms with Crippen molar-refractivity contribution in [2.75, 3.05) is 0 Å². The Bertz CT molecular complexity index is 751. The Kier molecular flexibility index (Phi) is 11.5. The summed E-state index contributed by atoms with van der Waals surface area (Å²) in [5, 5.41) is 2.72. The summed E-state index contributed by atoms with van der Waals surface area (Å²) in [7, 11) is 0. The van der Waals surface area contributed by atoms with Crippen LogP contribution < -0.4 is 0 Å². The predicted molar refractivity (Wildman–Crippen MR) is 132 cm³/mol. The molecule has 140 valence electrons. The second-order valence-corrected chi connectivity index (χ2v) is 25.9. The summed E-state index contributed by atoms with van der Waals surface area (Å²) in [4.78, 5) is 0. The van der Waals surface area contributed by atoms with Crippen LogP contribution >= 0.6 is 36.1 Å². The van der Waals surface area contributed by atoms with E-state index in [4.69, 9.17) is 0 Å². The fourth-order valence-electron chi connectivity index (χ4n) is 3.33. The van der Waals surface area contributed by atoms with Crippen LogP contribution in [0.4, 0.5) is 0 Å². The van der Waals surface area contributed by atoms with Crippen LogP contribution in [0.5, 0.6) is 0 Å². The van der Waals surface area contributed by atoms with Crippen molar-refractivity contribution in [3.05, 3.63) is 69.8 Å². The zero-order valence-corrected chi connectivity index (χ0v) is 23.8. The molecule has 0 nitrogen and oxygen atoms in total. The first-order valence-corrected chi connectivity index (χ1v) is 23.7. The fourth-order valence-corrected chi connectivity index (χ4v) is 3.33. The first-order valence-electron chi connectivity index (χ1n) is 9.11. The van der Waals surface area contributed by atoms with Crippen LogP contribution in [-0.2, 0) is 21.3 Å². The zero-order valence-electron chi connectivity index (χ0n) is 17.0. The van der Waals surface area contributed by atoms with Gasteiger partial charge >= 0.3 is 50.9 Å². The molecule has 3 heteroatoms. The van der Waals surface area contributed by atoms with Gasteiger partial charge in [-0.3, -0.25) is 0 Å². The molecule has 26 heavy (non-hydrogen) atoms. The van der Waals surface area contributed by atoms with E-state index in [2.05, 4.69) is 121 Å². The minimum absolute atomic E-state index is 0.170. The Morgan fingerprint density at radius 1 is 1.00 bits per heavy atom. The third-order valence-corrected chi connectivity index (χ3v) is 5.25. The van der Waals surface area contributed by atoms with Gasteiger partial charge < -0.3 is 0 Å². The summed E-state index contributed by atoms with van der Waals surface area (Å²) >= 11 is 5.06. The van der Waals surface area contributed by atoms with E-state index in [-0.39, 0.29) is 14.9 Å². The molecule has 0 spiro atoms. The summed E-state index contributed by atoms with van der Waals surface area (Å²) in [6.45, 7) is 15.6. The van der Waals surface area contributed by atoms with Gasteiger partial charge in [0.05, 0.1) is 0 Å². The number of benzene rings is 1. The first kappa shape index (κ1) is 24.6. The average Bonchev–Trinajstić information content (AvgIpc) is 3.13. The monoisotopic (exact) mass is 650 g/mol. The number of fused-ring (bicyclic) bond motifs is 1. The van der Waals surface area contributed by atoms with Crippen molar-refractivity contribution in [2.24, 2.45) is 0 Å². The Morgan fingerprint density at radius 3 is 1.88 bits per heavy atom. The number of hydrogen-bond donors (Lipinski definition) is 0.